The first kappa shape index (κ1) is 17.2. The summed E-state index contributed by atoms with van der Waals surface area (Å²) in [5, 5.41) is 5.83. The van der Waals surface area contributed by atoms with Crippen molar-refractivity contribution in [2.75, 3.05) is 51.8 Å². The number of carbonyl (C=O) groups is 1. The van der Waals surface area contributed by atoms with Crippen molar-refractivity contribution < 1.29 is 14.3 Å². The van der Waals surface area contributed by atoms with Crippen LogP contribution >= 0.6 is 0 Å². The van der Waals surface area contributed by atoms with Gasteiger partial charge in [-0.25, -0.2) is 4.79 Å². The summed E-state index contributed by atoms with van der Waals surface area (Å²) in [7, 11) is 1.54. The van der Waals surface area contributed by atoms with Crippen LogP contribution in [0.5, 0.6) is 5.75 Å². The molecule has 0 aliphatic carbocycles. The number of morpholine rings is 1. The van der Waals surface area contributed by atoms with Gasteiger partial charge in [0.05, 0.1) is 25.7 Å². The fraction of sp³-hybridized carbons (Fsp3) is 0.412. The molecule has 2 heterocycles. The van der Waals surface area contributed by atoms with Crippen LogP contribution in [0.15, 0.2) is 29.2 Å². The standard InChI is InChI=1S/C17H22N4O4/c1-24-12-2-3-14-13(10-12)16(22)15(11-19-14)20-17(23)18-4-5-21-6-8-25-9-7-21/h2-3,10-11H,4-9H2,1H3,(H,19,22)(H2,18,20,23). The average Bonchev–Trinajstić information content (AvgIpc) is 2.65. The fourth-order valence-electron chi connectivity index (χ4n) is 2.74. The van der Waals surface area contributed by atoms with Gasteiger partial charge in [0.1, 0.15) is 11.4 Å². The fourth-order valence-corrected chi connectivity index (χ4v) is 2.74. The second-order valence-corrected chi connectivity index (χ2v) is 5.78. The zero-order valence-corrected chi connectivity index (χ0v) is 14.1. The van der Waals surface area contributed by atoms with E-state index in [2.05, 4.69) is 20.5 Å². The average molecular weight is 346 g/mol. The lowest BCUT2D eigenvalue weighted by atomic mass is 10.2. The number of hydrogen-bond acceptors (Lipinski definition) is 5. The third-order valence-corrected chi connectivity index (χ3v) is 4.15. The van der Waals surface area contributed by atoms with Crippen molar-refractivity contribution in [1.82, 2.24) is 15.2 Å². The molecule has 1 aromatic heterocycles. The molecule has 134 valence electrons. The quantitative estimate of drug-likeness (QED) is 0.750. The molecule has 2 amide bonds. The summed E-state index contributed by atoms with van der Waals surface area (Å²) in [6, 6.07) is 4.78. The monoisotopic (exact) mass is 346 g/mol. The summed E-state index contributed by atoms with van der Waals surface area (Å²) in [5.41, 5.74) is 0.629. The molecule has 0 unspecified atom stereocenters. The molecule has 1 aromatic carbocycles. The number of carbonyl (C=O) groups excluding carboxylic acids is 1. The van der Waals surface area contributed by atoms with Crippen LogP contribution in [0.1, 0.15) is 0 Å². The van der Waals surface area contributed by atoms with Crippen LogP contribution < -0.4 is 20.8 Å². The number of benzene rings is 1. The van der Waals surface area contributed by atoms with Gasteiger partial charge in [0.25, 0.3) is 0 Å². The smallest absolute Gasteiger partial charge is 0.319 e. The predicted octanol–water partition coefficient (Wildman–Crippen LogP) is 0.990. The van der Waals surface area contributed by atoms with E-state index in [1.54, 1.807) is 25.3 Å². The van der Waals surface area contributed by atoms with E-state index in [1.165, 1.54) is 6.20 Å². The van der Waals surface area contributed by atoms with E-state index >= 15 is 0 Å². The molecule has 2 aromatic rings. The van der Waals surface area contributed by atoms with Gasteiger partial charge in [-0.1, -0.05) is 0 Å². The minimum absolute atomic E-state index is 0.199. The number of pyridine rings is 1. The molecule has 1 aliphatic rings. The van der Waals surface area contributed by atoms with Gasteiger partial charge in [-0.15, -0.1) is 0 Å². The summed E-state index contributed by atoms with van der Waals surface area (Å²) in [5.74, 6) is 0.588. The number of hydrogen-bond donors (Lipinski definition) is 3. The Labute approximate surface area is 145 Å². The molecule has 0 atom stereocenters. The number of aromatic nitrogens is 1. The van der Waals surface area contributed by atoms with Crippen molar-refractivity contribution in [1.29, 1.82) is 0 Å². The molecule has 1 aliphatic heterocycles. The first-order valence-electron chi connectivity index (χ1n) is 8.22. The Balaban J connectivity index is 1.60. The van der Waals surface area contributed by atoms with E-state index in [-0.39, 0.29) is 11.1 Å². The lowest BCUT2D eigenvalue weighted by Crippen LogP contribution is -2.42. The third-order valence-electron chi connectivity index (χ3n) is 4.15. The van der Waals surface area contributed by atoms with Crippen molar-refractivity contribution in [2.45, 2.75) is 0 Å². The zero-order valence-electron chi connectivity index (χ0n) is 14.1. The zero-order chi connectivity index (χ0) is 17.6. The Bertz CT molecular complexity index is 799. The number of ether oxygens (including phenoxy) is 2. The Morgan fingerprint density at radius 1 is 1.36 bits per heavy atom. The van der Waals surface area contributed by atoms with Crippen LogP contribution in [0.25, 0.3) is 10.9 Å². The Morgan fingerprint density at radius 2 is 2.16 bits per heavy atom. The number of nitrogens with zero attached hydrogens (tertiary/aromatic N) is 1. The van der Waals surface area contributed by atoms with Crippen molar-refractivity contribution >= 4 is 22.6 Å². The molecule has 0 radical (unpaired) electrons. The SMILES string of the molecule is COc1ccc2[nH]cc(NC(=O)NCCN3CCOCC3)c(=O)c2c1. The predicted molar refractivity (Wildman–Crippen MR) is 95.4 cm³/mol. The lowest BCUT2D eigenvalue weighted by molar-refractivity contribution is 0.0388. The normalized spacial score (nSPS) is 15.1. The minimum atomic E-state index is -0.402. The van der Waals surface area contributed by atoms with Gasteiger partial charge in [0.2, 0.25) is 5.43 Å². The number of rotatable bonds is 5. The second-order valence-electron chi connectivity index (χ2n) is 5.78. The Morgan fingerprint density at radius 3 is 2.92 bits per heavy atom. The highest BCUT2D eigenvalue weighted by molar-refractivity contribution is 5.92. The van der Waals surface area contributed by atoms with Crippen LogP contribution in [0.3, 0.4) is 0 Å². The van der Waals surface area contributed by atoms with Crippen molar-refractivity contribution in [2.24, 2.45) is 0 Å². The van der Waals surface area contributed by atoms with E-state index < -0.39 is 6.03 Å². The van der Waals surface area contributed by atoms with Gasteiger partial charge >= 0.3 is 6.03 Å². The van der Waals surface area contributed by atoms with Gasteiger partial charge in [0, 0.05) is 37.9 Å². The third kappa shape index (κ3) is 4.28. The molecule has 0 bridgehead atoms. The number of anilines is 1. The minimum Gasteiger partial charge on any atom is -0.497 e. The lowest BCUT2D eigenvalue weighted by Gasteiger charge is -2.26. The van der Waals surface area contributed by atoms with Crippen molar-refractivity contribution in [3.05, 3.63) is 34.6 Å². The van der Waals surface area contributed by atoms with Crippen molar-refractivity contribution in [3.8, 4) is 5.75 Å². The maximum absolute atomic E-state index is 12.5. The molecule has 8 heteroatoms. The van der Waals surface area contributed by atoms with Crippen LogP contribution in [0, 0.1) is 0 Å². The maximum atomic E-state index is 12.5. The molecule has 1 fully saturated rings. The van der Waals surface area contributed by atoms with Crippen LogP contribution in [-0.2, 0) is 4.74 Å². The number of nitrogens with one attached hydrogen (secondary N) is 3. The van der Waals surface area contributed by atoms with Crippen LogP contribution in [-0.4, -0.2) is 62.4 Å². The Hall–Kier alpha value is -2.58. The molecule has 3 N–H and O–H groups in total. The van der Waals surface area contributed by atoms with Crippen LogP contribution in [0.2, 0.25) is 0 Å². The topological polar surface area (TPSA) is 95.7 Å². The van der Waals surface area contributed by atoms with Gasteiger partial charge in [-0.2, -0.15) is 0 Å². The van der Waals surface area contributed by atoms with E-state index in [0.29, 0.717) is 23.2 Å². The van der Waals surface area contributed by atoms with E-state index in [0.717, 1.165) is 32.8 Å². The van der Waals surface area contributed by atoms with E-state index in [9.17, 15) is 9.59 Å². The highest BCUT2D eigenvalue weighted by atomic mass is 16.5. The summed E-state index contributed by atoms with van der Waals surface area (Å²) in [6.07, 6.45) is 1.50. The molecule has 0 saturated carbocycles. The molecule has 1 saturated heterocycles. The van der Waals surface area contributed by atoms with E-state index in [1.807, 2.05) is 0 Å². The number of amides is 2. The van der Waals surface area contributed by atoms with Gasteiger partial charge in [-0.3, -0.25) is 9.69 Å². The summed E-state index contributed by atoms with van der Waals surface area (Å²) >= 11 is 0. The largest absolute Gasteiger partial charge is 0.497 e. The van der Waals surface area contributed by atoms with Gasteiger partial charge in [-0.05, 0) is 18.2 Å². The molecule has 25 heavy (non-hydrogen) atoms. The summed E-state index contributed by atoms with van der Waals surface area (Å²) in [6.45, 7) is 4.45. The molecule has 0 spiro atoms. The van der Waals surface area contributed by atoms with Gasteiger partial charge in [0.15, 0.2) is 0 Å². The van der Waals surface area contributed by atoms with Crippen LogP contribution in [0.4, 0.5) is 10.5 Å². The summed E-state index contributed by atoms with van der Waals surface area (Å²) < 4.78 is 10.4. The first-order chi connectivity index (χ1) is 12.2. The number of H-pyrrole nitrogens is 1. The highest BCUT2D eigenvalue weighted by Gasteiger charge is 2.12. The molecule has 8 nitrogen and oxygen atoms in total. The highest BCUT2D eigenvalue weighted by Crippen LogP contribution is 2.17. The Kier molecular flexibility index (Phi) is 5.52. The summed E-state index contributed by atoms with van der Waals surface area (Å²) in [4.78, 5) is 29.8. The second kappa shape index (κ2) is 8.00. The molecular formula is C17H22N4O4. The number of fused-ring (bicyclic) bond motifs is 1. The van der Waals surface area contributed by atoms with Crippen molar-refractivity contribution in [3.63, 3.8) is 0 Å². The number of aromatic amines is 1. The van der Waals surface area contributed by atoms with Gasteiger partial charge < -0.3 is 25.1 Å². The molecular weight excluding hydrogens is 324 g/mol. The molecule has 3 rings (SSSR count). The van der Waals surface area contributed by atoms with E-state index in [4.69, 9.17) is 9.47 Å². The number of methoxy groups -OCH3 is 1. The maximum Gasteiger partial charge on any atom is 0.319 e. The number of urea groups is 1. The first-order valence-corrected chi connectivity index (χ1v) is 8.22.